The van der Waals surface area contributed by atoms with Crippen LogP contribution in [0.4, 0.5) is 21.9 Å². The number of alkyl halides is 1. The van der Waals surface area contributed by atoms with Crippen LogP contribution in [0.2, 0.25) is 0 Å². The third-order valence-corrected chi connectivity index (χ3v) is 7.43. The summed E-state index contributed by atoms with van der Waals surface area (Å²) in [5, 5.41) is 5.54. The number of hydrogen-bond donors (Lipinski definition) is 3. The van der Waals surface area contributed by atoms with Crippen LogP contribution < -0.4 is 15.4 Å². The van der Waals surface area contributed by atoms with Crippen molar-refractivity contribution in [1.29, 1.82) is 0 Å². The van der Waals surface area contributed by atoms with Gasteiger partial charge in [-0.2, -0.15) is 0 Å². The van der Waals surface area contributed by atoms with Gasteiger partial charge in [-0.1, -0.05) is 6.07 Å². The van der Waals surface area contributed by atoms with Crippen molar-refractivity contribution in [2.75, 3.05) is 34.3 Å². The van der Waals surface area contributed by atoms with Gasteiger partial charge >= 0.3 is 6.03 Å². The van der Waals surface area contributed by atoms with E-state index in [1.54, 1.807) is 55.1 Å². The fraction of sp³-hybridized carbons (Fsp3) is 0.391. The summed E-state index contributed by atoms with van der Waals surface area (Å²) in [6.07, 6.45) is 3.05. The second-order valence-corrected chi connectivity index (χ2v) is 10.6. The summed E-state index contributed by atoms with van der Waals surface area (Å²) in [5.41, 5.74) is 0.556. The third-order valence-electron chi connectivity index (χ3n) is 5.38. The van der Waals surface area contributed by atoms with E-state index >= 15 is 0 Å². The molecule has 0 saturated carbocycles. The Morgan fingerprint density at radius 2 is 1.58 bits per heavy atom. The van der Waals surface area contributed by atoms with Gasteiger partial charge in [-0.25, -0.2) is 13.2 Å². The molecule has 0 aromatic heterocycles. The molecule has 2 aromatic carbocycles. The highest BCUT2D eigenvalue weighted by Gasteiger charge is 2.26. The number of hydrogen-bond acceptors (Lipinski definition) is 4. The second-order valence-electron chi connectivity index (χ2n) is 8.66. The highest BCUT2D eigenvalue weighted by molar-refractivity contribution is 7.92. The zero-order chi connectivity index (χ0) is 24.1. The number of carbonyl (C=O) groups excluding carboxylic acids is 2. The first-order valence-corrected chi connectivity index (χ1v) is 12.8. The molecule has 1 fully saturated rings. The molecular weight excluding hydrogens is 464 g/mol. The molecule has 2 aromatic rings. The van der Waals surface area contributed by atoms with Gasteiger partial charge in [0.2, 0.25) is 5.91 Å². The minimum atomic E-state index is -3.88. The number of nitrogens with one attached hydrogen (secondary N) is 3. The van der Waals surface area contributed by atoms with E-state index in [2.05, 4.69) is 15.4 Å². The van der Waals surface area contributed by atoms with Crippen LogP contribution in [0.3, 0.4) is 0 Å². The van der Waals surface area contributed by atoms with Gasteiger partial charge < -0.3 is 15.5 Å². The van der Waals surface area contributed by atoms with E-state index in [9.17, 15) is 18.0 Å². The lowest BCUT2D eigenvalue weighted by atomic mass is 9.95. The summed E-state index contributed by atoms with van der Waals surface area (Å²) in [6, 6.07) is 12.2. The lowest BCUT2D eigenvalue weighted by molar-refractivity contribution is -0.122. The Labute approximate surface area is 199 Å². The number of sulfonamides is 1. The molecule has 3 rings (SSSR count). The van der Waals surface area contributed by atoms with E-state index in [1.807, 2.05) is 0 Å². The molecule has 33 heavy (non-hydrogen) atoms. The molecule has 0 bridgehead atoms. The number of amides is 3. The molecule has 1 saturated heterocycles. The Kier molecular flexibility index (Phi) is 7.86. The predicted octanol–water partition coefficient (Wildman–Crippen LogP) is 4.71. The maximum absolute atomic E-state index is 12.9. The summed E-state index contributed by atoms with van der Waals surface area (Å²) < 4.78 is 28.2. The fourth-order valence-electron chi connectivity index (χ4n) is 3.24. The highest BCUT2D eigenvalue weighted by atomic mass is 35.5. The molecule has 0 unspecified atom stereocenters. The molecule has 178 valence electrons. The lowest BCUT2D eigenvalue weighted by Gasteiger charge is -2.26. The van der Waals surface area contributed by atoms with Crippen LogP contribution >= 0.6 is 11.6 Å². The normalized spacial score (nSPS) is 14.5. The van der Waals surface area contributed by atoms with Crippen LogP contribution in [-0.4, -0.2) is 44.2 Å². The number of nitrogens with zero attached hydrogens (tertiary/aromatic N) is 1. The van der Waals surface area contributed by atoms with Gasteiger partial charge in [0, 0.05) is 36.0 Å². The van der Waals surface area contributed by atoms with Gasteiger partial charge in [0.05, 0.1) is 10.3 Å². The van der Waals surface area contributed by atoms with Crippen LogP contribution in [0, 0.1) is 5.41 Å². The van der Waals surface area contributed by atoms with Gasteiger partial charge in [0.1, 0.15) is 0 Å². The molecule has 3 amide bonds. The number of urea groups is 1. The van der Waals surface area contributed by atoms with Crippen molar-refractivity contribution in [1.82, 2.24) is 4.90 Å². The Balaban J connectivity index is 1.66. The number of rotatable bonds is 7. The number of anilines is 3. The maximum atomic E-state index is 12.9. The minimum Gasteiger partial charge on any atom is -0.326 e. The van der Waals surface area contributed by atoms with E-state index in [0.717, 1.165) is 19.3 Å². The van der Waals surface area contributed by atoms with Gasteiger partial charge in [-0.15, -0.1) is 11.6 Å². The van der Waals surface area contributed by atoms with Gasteiger partial charge in [0.25, 0.3) is 10.0 Å². The summed E-state index contributed by atoms with van der Waals surface area (Å²) in [6.45, 7) is 4.87. The molecule has 0 atom stereocenters. The number of piperidine rings is 1. The van der Waals surface area contributed by atoms with Crippen LogP contribution in [-0.2, 0) is 14.8 Å². The standard InChI is InChI=1S/C23H29ClN4O4S/c1-23(2,16-24)21(29)25-17-9-11-18(12-10-17)27-33(31,32)20-8-6-7-19(15-20)26-22(30)28-13-4-3-5-14-28/h6-12,15,27H,3-5,13-14,16H2,1-2H3,(H,25,29)(H,26,30). The maximum Gasteiger partial charge on any atom is 0.321 e. The molecule has 0 aliphatic carbocycles. The minimum absolute atomic E-state index is 0.0279. The van der Waals surface area contributed by atoms with Gasteiger partial charge in [-0.3, -0.25) is 9.52 Å². The van der Waals surface area contributed by atoms with Crippen molar-refractivity contribution in [3.8, 4) is 0 Å². The zero-order valence-electron chi connectivity index (χ0n) is 18.7. The fourth-order valence-corrected chi connectivity index (χ4v) is 4.46. The Morgan fingerprint density at radius 3 is 2.21 bits per heavy atom. The topological polar surface area (TPSA) is 108 Å². The van der Waals surface area contributed by atoms with Crippen LogP contribution in [0.1, 0.15) is 33.1 Å². The van der Waals surface area contributed by atoms with Gasteiger partial charge in [-0.05, 0) is 75.6 Å². The van der Waals surface area contributed by atoms with Crippen molar-refractivity contribution < 1.29 is 18.0 Å². The molecule has 10 heteroatoms. The lowest BCUT2D eigenvalue weighted by Crippen LogP contribution is -2.38. The number of benzene rings is 2. The van der Waals surface area contributed by atoms with Crippen molar-refractivity contribution in [2.24, 2.45) is 5.41 Å². The summed E-state index contributed by atoms with van der Waals surface area (Å²) in [5.74, 6) is -0.0527. The van der Waals surface area contributed by atoms with Crippen LogP contribution in [0.15, 0.2) is 53.4 Å². The van der Waals surface area contributed by atoms with Crippen LogP contribution in [0.25, 0.3) is 0 Å². The quantitative estimate of drug-likeness (QED) is 0.486. The monoisotopic (exact) mass is 492 g/mol. The van der Waals surface area contributed by atoms with E-state index in [1.165, 1.54) is 12.1 Å². The van der Waals surface area contributed by atoms with Crippen LogP contribution in [0.5, 0.6) is 0 Å². The van der Waals surface area contributed by atoms with E-state index in [0.29, 0.717) is 30.2 Å². The first-order chi connectivity index (χ1) is 15.6. The van der Waals surface area contributed by atoms with Crippen molar-refractivity contribution in [3.63, 3.8) is 0 Å². The first kappa shape index (κ1) is 24.9. The SMILES string of the molecule is CC(C)(CCl)C(=O)Nc1ccc(NS(=O)(=O)c2cccc(NC(=O)N3CCCCC3)c2)cc1. The molecule has 1 aliphatic rings. The van der Waals surface area contributed by atoms with Crippen molar-refractivity contribution in [2.45, 2.75) is 38.0 Å². The molecule has 8 nitrogen and oxygen atoms in total. The van der Waals surface area contributed by atoms with E-state index in [-0.39, 0.29) is 22.7 Å². The zero-order valence-corrected chi connectivity index (χ0v) is 20.3. The average molecular weight is 493 g/mol. The molecule has 1 heterocycles. The smallest absolute Gasteiger partial charge is 0.321 e. The van der Waals surface area contributed by atoms with E-state index < -0.39 is 15.4 Å². The average Bonchev–Trinajstić information content (AvgIpc) is 2.81. The van der Waals surface area contributed by atoms with Gasteiger partial charge in [0.15, 0.2) is 0 Å². The molecular formula is C23H29ClN4O4S. The summed E-state index contributed by atoms with van der Waals surface area (Å²) >= 11 is 5.83. The van der Waals surface area contributed by atoms with E-state index in [4.69, 9.17) is 11.6 Å². The number of carbonyl (C=O) groups is 2. The molecule has 1 aliphatic heterocycles. The molecule has 0 radical (unpaired) electrons. The van der Waals surface area contributed by atoms with Crippen molar-refractivity contribution >= 4 is 50.6 Å². The Morgan fingerprint density at radius 1 is 0.939 bits per heavy atom. The third kappa shape index (κ3) is 6.61. The Hall–Kier alpha value is -2.78. The molecule has 3 N–H and O–H groups in total. The first-order valence-electron chi connectivity index (χ1n) is 10.8. The summed E-state index contributed by atoms with van der Waals surface area (Å²) in [4.78, 5) is 26.4. The summed E-state index contributed by atoms with van der Waals surface area (Å²) in [7, 11) is -3.88. The number of halogens is 1. The second kappa shape index (κ2) is 10.4. The van der Waals surface area contributed by atoms with Crippen molar-refractivity contribution in [3.05, 3.63) is 48.5 Å². The highest BCUT2D eigenvalue weighted by Crippen LogP contribution is 2.23. The Bertz CT molecular complexity index is 1100. The predicted molar refractivity (Wildman–Crippen MR) is 131 cm³/mol. The number of likely N-dealkylation sites (tertiary alicyclic amines) is 1. The largest absolute Gasteiger partial charge is 0.326 e. The molecule has 0 spiro atoms.